The second kappa shape index (κ2) is 7.76. The van der Waals surface area contributed by atoms with Crippen LogP contribution in [0.2, 0.25) is 0 Å². The van der Waals surface area contributed by atoms with Gasteiger partial charge in [-0.1, -0.05) is 6.92 Å². The second-order valence-corrected chi connectivity index (χ2v) is 5.30. The lowest BCUT2D eigenvalue weighted by molar-refractivity contribution is 0.846. The molecule has 0 radical (unpaired) electrons. The lowest BCUT2D eigenvalue weighted by Gasteiger charge is -2.09. The molecule has 2 aromatic rings. The van der Waals surface area contributed by atoms with Crippen LogP contribution in [0.3, 0.4) is 0 Å². The number of hydrogen-bond acceptors (Lipinski definition) is 5. The van der Waals surface area contributed by atoms with E-state index >= 15 is 0 Å². The predicted molar refractivity (Wildman–Crippen MR) is 84.9 cm³/mol. The van der Waals surface area contributed by atoms with Crippen LogP contribution in [0.1, 0.15) is 13.3 Å². The Balaban J connectivity index is 1.91. The van der Waals surface area contributed by atoms with E-state index in [0.717, 1.165) is 23.7 Å². The van der Waals surface area contributed by atoms with Crippen molar-refractivity contribution >= 4 is 34.8 Å². The fourth-order valence-electron chi connectivity index (χ4n) is 1.36. The summed E-state index contributed by atoms with van der Waals surface area (Å²) in [6.07, 6.45) is 6.20. The van der Waals surface area contributed by atoms with Gasteiger partial charge in [-0.05, 0) is 48.6 Å². The summed E-state index contributed by atoms with van der Waals surface area (Å²) in [4.78, 5) is 12.6. The van der Waals surface area contributed by atoms with Crippen molar-refractivity contribution in [2.45, 2.75) is 23.5 Å². The minimum atomic E-state index is 0.612. The first-order valence-corrected chi connectivity index (χ1v) is 7.46. The van der Waals surface area contributed by atoms with Gasteiger partial charge in [0.15, 0.2) is 10.3 Å². The molecule has 0 aliphatic rings. The van der Waals surface area contributed by atoms with E-state index in [4.69, 9.17) is 12.2 Å². The number of hydrogen-bond donors (Lipinski definition) is 2. The molecule has 2 rings (SSSR count). The smallest absolute Gasteiger partial charge is 0.193 e. The Hall–Kier alpha value is -1.73. The Bertz CT molecular complexity index is 544. The van der Waals surface area contributed by atoms with Crippen molar-refractivity contribution in [3.63, 3.8) is 0 Å². The first kappa shape index (κ1) is 14.7. The van der Waals surface area contributed by atoms with Gasteiger partial charge in [0.1, 0.15) is 5.03 Å². The van der Waals surface area contributed by atoms with Gasteiger partial charge in [-0.15, -0.1) is 0 Å². The van der Waals surface area contributed by atoms with Gasteiger partial charge in [-0.25, -0.2) is 15.0 Å². The number of nitrogens with one attached hydrogen (secondary N) is 2. The molecule has 2 N–H and O–H groups in total. The molecule has 20 heavy (non-hydrogen) atoms. The zero-order valence-corrected chi connectivity index (χ0v) is 12.7. The van der Waals surface area contributed by atoms with Crippen LogP contribution in [0.15, 0.2) is 47.0 Å². The van der Waals surface area contributed by atoms with Gasteiger partial charge in [-0.3, -0.25) is 0 Å². The molecule has 0 spiro atoms. The summed E-state index contributed by atoms with van der Waals surface area (Å²) in [5.74, 6) is 0. The molecule has 7 heteroatoms. The van der Waals surface area contributed by atoms with E-state index in [1.165, 1.54) is 11.8 Å². The van der Waals surface area contributed by atoms with E-state index < -0.39 is 0 Å². The first-order chi connectivity index (χ1) is 9.78. The summed E-state index contributed by atoms with van der Waals surface area (Å²) < 4.78 is 0. The van der Waals surface area contributed by atoms with Crippen molar-refractivity contribution in [3.8, 4) is 0 Å². The highest BCUT2D eigenvalue weighted by Crippen LogP contribution is 2.22. The lowest BCUT2D eigenvalue weighted by atomic mass is 10.4. The van der Waals surface area contributed by atoms with E-state index in [0.29, 0.717) is 10.3 Å². The molecule has 0 fully saturated rings. The summed E-state index contributed by atoms with van der Waals surface area (Å²) >= 11 is 6.58. The highest BCUT2D eigenvalue weighted by Gasteiger charge is 2.02. The first-order valence-electron chi connectivity index (χ1n) is 6.23. The van der Waals surface area contributed by atoms with E-state index in [1.807, 2.05) is 12.1 Å². The molecule has 0 aromatic carbocycles. The Kier molecular flexibility index (Phi) is 5.69. The van der Waals surface area contributed by atoms with Gasteiger partial charge in [0.25, 0.3) is 0 Å². The van der Waals surface area contributed by atoms with Crippen LogP contribution in [-0.4, -0.2) is 26.6 Å². The molecule has 0 amide bonds. The average Bonchev–Trinajstić information content (AvgIpc) is 2.48. The normalized spacial score (nSPS) is 10.1. The monoisotopic (exact) mass is 305 g/mol. The quantitative estimate of drug-likeness (QED) is 0.650. The molecule has 0 saturated heterocycles. The fourth-order valence-corrected chi connectivity index (χ4v) is 2.24. The van der Waals surface area contributed by atoms with Crippen LogP contribution in [0, 0.1) is 0 Å². The summed E-state index contributed by atoms with van der Waals surface area (Å²) in [6.45, 7) is 2.95. The Morgan fingerprint density at radius 3 is 2.70 bits per heavy atom. The molecule has 0 aliphatic carbocycles. The summed E-state index contributed by atoms with van der Waals surface area (Å²) in [5, 5.41) is 8.32. The standard InChI is InChI=1S/C13H15N5S2/c1-2-6-14-12(19)18-10-4-5-11(17-9-10)20-13-15-7-3-8-16-13/h3-5,7-9H,2,6H2,1H3,(H2,14,18,19). The van der Waals surface area contributed by atoms with E-state index in [1.54, 1.807) is 24.7 Å². The van der Waals surface area contributed by atoms with E-state index in [9.17, 15) is 0 Å². The number of nitrogens with zero attached hydrogens (tertiary/aromatic N) is 3. The third-order valence-electron chi connectivity index (χ3n) is 2.27. The number of anilines is 1. The average molecular weight is 305 g/mol. The van der Waals surface area contributed by atoms with Gasteiger partial charge in [0, 0.05) is 18.9 Å². The molecule has 5 nitrogen and oxygen atoms in total. The van der Waals surface area contributed by atoms with Crippen molar-refractivity contribution in [1.82, 2.24) is 20.3 Å². The van der Waals surface area contributed by atoms with Crippen molar-refractivity contribution in [2.75, 3.05) is 11.9 Å². The zero-order valence-electron chi connectivity index (χ0n) is 11.0. The van der Waals surface area contributed by atoms with E-state index in [2.05, 4.69) is 32.5 Å². The fraction of sp³-hybridized carbons (Fsp3) is 0.231. The Morgan fingerprint density at radius 2 is 2.05 bits per heavy atom. The zero-order chi connectivity index (χ0) is 14.2. The van der Waals surface area contributed by atoms with Crippen molar-refractivity contribution in [3.05, 3.63) is 36.8 Å². The highest BCUT2D eigenvalue weighted by atomic mass is 32.2. The van der Waals surface area contributed by atoms with Crippen molar-refractivity contribution < 1.29 is 0 Å². The number of aromatic nitrogens is 3. The highest BCUT2D eigenvalue weighted by molar-refractivity contribution is 7.99. The van der Waals surface area contributed by atoms with Gasteiger partial charge in [0.2, 0.25) is 0 Å². The Morgan fingerprint density at radius 1 is 1.25 bits per heavy atom. The number of pyridine rings is 1. The largest absolute Gasteiger partial charge is 0.362 e. The molecule has 0 atom stereocenters. The lowest BCUT2D eigenvalue weighted by Crippen LogP contribution is -2.28. The third kappa shape index (κ3) is 4.75. The van der Waals surface area contributed by atoms with Gasteiger partial charge < -0.3 is 10.6 Å². The van der Waals surface area contributed by atoms with Gasteiger partial charge in [-0.2, -0.15) is 0 Å². The van der Waals surface area contributed by atoms with Crippen LogP contribution in [0.5, 0.6) is 0 Å². The number of rotatable bonds is 5. The molecule has 104 valence electrons. The minimum absolute atomic E-state index is 0.612. The summed E-state index contributed by atoms with van der Waals surface area (Å²) in [6, 6.07) is 5.62. The Labute approximate surface area is 127 Å². The van der Waals surface area contributed by atoms with Crippen LogP contribution in [0.4, 0.5) is 5.69 Å². The maximum atomic E-state index is 5.16. The number of thiocarbonyl (C=S) groups is 1. The van der Waals surface area contributed by atoms with Crippen LogP contribution < -0.4 is 10.6 Å². The molecule has 0 aliphatic heterocycles. The van der Waals surface area contributed by atoms with Crippen LogP contribution in [-0.2, 0) is 0 Å². The molecule has 2 aromatic heterocycles. The van der Waals surface area contributed by atoms with Crippen molar-refractivity contribution in [1.29, 1.82) is 0 Å². The van der Waals surface area contributed by atoms with Crippen LogP contribution in [0.25, 0.3) is 0 Å². The van der Waals surface area contributed by atoms with Crippen molar-refractivity contribution in [2.24, 2.45) is 0 Å². The molecular formula is C13H15N5S2. The van der Waals surface area contributed by atoms with Gasteiger partial charge >= 0.3 is 0 Å². The van der Waals surface area contributed by atoms with Gasteiger partial charge in [0.05, 0.1) is 11.9 Å². The second-order valence-electron chi connectivity index (χ2n) is 3.90. The molecular weight excluding hydrogens is 290 g/mol. The summed E-state index contributed by atoms with van der Waals surface area (Å²) in [5.41, 5.74) is 0.858. The van der Waals surface area contributed by atoms with E-state index in [-0.39, 0.29) is 0 Å². The molecule has 2 heterocycles. The minimum Gasteiger partial charge on any atom is -0.362 e. The third-order valence-corrected chi connectivity index (χ3v) is 3.36. The SMILES string of the molecule is CCCNC(=S)Nc1ccc(Sc2ncccn2)nc1. The molecule has 0 unspecified atom stereocenters. The maximum absolute atomic E-state index is 5.16. The predicted octanol–water partition coefficient (Wildman–Crippen LogP) is 2.72. The van der Waals surface area contributed by atoms with Crippen LogP contribution >= 0.6 is 24.0 Å². The maximum Gasteiger partial charge on any atom is 0.193 e. The molecule has 0 saturated carbocycles. The summed E-state index contributed by atoms with van der Waals surface area (Å²) in [7, 11) is 0. The molecule has 0 bridgehead atoms. The topological polar surface area (TPSA) is 62.7 Å².